The number of carbonyl (C=O) groups is 2. The van der Waals surface area contributed by atoms with Gasteiger partial charge in [0, 0.05) is 19.6 Å². The number of nitrogens with one attached hydrogen (secondary N) is 2. The lowest BCUT2D eigenvalue weighted by Crippen LogP contribution is -2.56. The fourth-order valence-corrected chi connectivity index (χ4v) is 6.17. The van der Waals surface area contributed by atoms with E-state index < -0.39 is 34.0 Å². The van der Waals surface area contributed by atoms with E-state index in [0.29, 0.717) is 37.4 Å². The molecule has 2 aliphatic rings. The Kier molecular flexibility index (Phi) is 8.60. The molecule has 0 saturated carbocycles. The number of carboxylic acid groups (broad SMARTS) is 1. The summed E-state index contributed by atoms with van der Waals surface area (Å²) >= 11 is 0. The van der Waals surface area contributed by atoms with Gasteiger partial charge >= 0.3 is 5.97 Å². The van der Waals surface area contributed by atoms with Gasteiger partial charge in [0.1, 0.15) is 17.0 Å². The first-order valence-electron chi connectivity index (χ1n) is 12.0. The van der Waals surface area contributed by atoms with Gasteiger partial charge in [0.25, 0.3) is 0 Å². The number of carboxylic acids is 1. The number of likely N-dealkylation sites (tertiary alicyclic amines) is 1. The van der Waals surface area contributed by atoms with Crippen LogP contribution in [0.1, 0.15) is 45.1 Å². The number of hydrogen-bond donors (Lipinski definition) is 5. The number of hydrogen-bond acceptors (Lipinski definition) is 6. The van der Waals surface area contributed by atoms with Crippen molar-refractivity contribution in [1.29, 1.82) is 0 Å². The normalized spacial score (nSPS) is 23.0. The molecular formula is C23H36N6O5S. The number of sulfonamides is 1. The first kappa shape index (κ1) is 26.7. The number of para-hydroxylation sites is 1. The third-order valence-corrected chi connectivity index (χ3v) is 8.09. The summed E-state index contributed by atoms with van der Waals surface area (Å²) in [5.41, 5.74) is 12.2. The van der Waals surface area contributed by atoms with Gasteiger partial charge in [0.2, 0.25) is 15.9 Å². The van der Waals surface area contributed by atoms with Crippen molar-refractivity contribution in [2.24, 2.45) is 28.3 Å². The third kappa shape index (κ3) is 6.63. The Balaban J connectivity index is 1.88. The molecule has 0 aromatic heterocycles. The molecule has 194 valence electrons. The number of piperidine rings is 1. The van der Waals surface area contributed by atoms with Gasteiger partial charge in [-0.1, -0.05) is 26.0 Å². The van der Waals surface area contributed by atoms with E-state index in [1.807, 2.05) is 13.0 Å². The number of rotatable bonds is 9. The molecule has 0 unspecified atom stereocenters. The smallest absolute Gasteiger partial charge is 0.326 e. The maximum absolute atomic E-state index is 13.5. The van der Waals surface area contributed by atoms with Crippen molar-refractivity contribution in [2.45, 2.75) is 62.9 Å². The first-order valence-corrected chi connectivity index (χ1v) is 13.4. The van der Waals surface area contributed by atoms with Crippen molar-refractivity contribution in [3.05, 3.63) is 23.8 Å². The number of carbonyl (C=O) groups excluding carboxylic acids is 1. The van der Waals surface area contributed by atoms with Crippen LogP contribution in [-0.2, 0) is 26.0 Å². The summed E-state index contributed by atoms with van der Waals surface area (Å²) in [6, 6.07) is 2.94. The van der Waals surface area contributed by atoms with Crippen LogP contribution in [0.15, 0.2) is 28.1 Å². The summed E-state index contributed by atoms with van der Waals surface area (Å²) in [7, 11) is -4.10. The summed E-state index contributed by atoms with van der Waals surface area (Å²) < 4.78 is 29.5. The maximum Gasteiger partial charge on any atom is 0.326 e. The van der Waals surface area contributed by atoms with Crippen LogP contribution in [0.3, 0.4) is 0 Å². The van der Waals surface area contributed by atoms with Crippen LogP contribution in [0.5, 0.6) is 0 Å². The predicted molar refractivity (Wildman–Crippen MR) is 133 cm³/mol. The molecule has 2 heterocycles. The van der Waals surface area contributed by atoms with E-state index in [0.717, 1.165) is 12.0 Å². The van der Waals surface area contributed by atoms with Crippen molar-refractivity contribution in [1.82, 2.24) is 9.62 Å². The summed E-state index contributed by atoms with van der Waals surface area (Å²) in [6.45, 7) is 5.14. The highest BCUT2D eigenvalue weighted by molar-refractivity contribution is 7.89. The van der Waals surface area contributed by atoms with Crippen molar-refractivity contribution in [3.63, 3.8) is 0 Å². The summed E-state index contributed by atoms with van der Waals surface area (Å²) in [4.78, 5) is 30.7. The highest BCUT2D eigenvalue weighted by Gasteiger charge is 2.39. The number of nitrogens with zero attached hydrogens (tertiary/aromatic N) is 2. The summed E-state index contributed by atoms with van der Waals surface area (Å²) in [5, 5.41) is 12.9. The highest BCUT2D eigenvalue weighted by Crippen LogP contribution is 2.31. The highest BCUT2D eigenvalue weighted by atomic mass is 32.2. The molecule has 3 rings (SSSR count). The fourth-order valence-electron chi connectivity index (χ4n) is 4.72. The number of amides is 1. The second kappa shape index (κ2) is 11.3. The first-order chi connectivity index (χ1) is 16.5. The Hall–Kier alpha value is -2.86. The lowest BCUT2D eigenvalue weighted by atomic mass is 9.91. The number of guanidine groups is 1. The topological polar surface area (TPSA) is 180 Å². The van der Waals surface area contributed by atoms with Gasteiger partial charge in [-0.05, 0) is 55.6 Å². The van der Waals surface area contributed by atoms with Crippen LogP contribution >= 0.6 is 0 Å². The van der Waals surface area contributed by atoms with E-state index in [2.05, 4.69) is 22.0 Å². The molecule has 11 nitrogen and oxygen atoms in total. The van der Waals surface area contributed by atoms with E-state index in [9.17, 15) is 23.1 Å². The lowest BCUT2D eigenvalue weighted by molar-refractivity contribution is -0.153. The second-order valence-electron chi connectivity index (χ2n) is 9.62. The van der Waals surface area contributed by atoms with Crippen LogP contribution in [0.4, 0.5) is 5.69 Å². The molecule has 4 atom stereocenters. The van der Waals surface area contributed by atoms with Crippen molar-refractivity contribution in [3.8, 4) is 0 Å². The molecule has 2 aliphatic heterocycles. The maximum atomic E-state index is 13.5. The number of nitrogens with two attached hydrogens (primary N) is 2. The molecule has 1 saturated heterocycles. The molecule has 1 amide bonds. The van der Waals surface area contributed by atoms with Gasteiger partial charge in [-0.25, -0.2) is 13.2 Å². The molecule has 0 aliphatic carbocycles. The van der Waals surface area contributed by atoms with Crippen LogP contribution < -0.4 is 21.5 Å². The van der Waals surface area contributed by atoms with E-state index >= 15 is 0 Å². The van der Waals surface area contributed by atoms with E-state index in [1.54, 1.807) is 6.07 Å². The Morgan fingerprint density at radius 2 is 2.03 bits per heavy atom. The molecule has 35 heavy (non-hydrogen) atoms. The standard InChI is InChI=1S/C23H36N6O5S/c1-14-8-10-29(18(12-14)22(31)32)21(30)17(6-4-9-26-23(24)25)28-35(33,34)19-7-3-5-16-11-15(2)13-27-20(16)19/h3,5,7,14-15,17-18,27-28H,4,6,8-13H2,1-2H3,(H,31,32)(H4,24,25,26)/t14-,15-,17+,18-/m0/s1. The second-order valence-corrected chi connectivity index (χ2v) is 11.3. The average Bonchev–Trinajstić information content (AvgIpc) is 2.79. The molecule has 1 aromatic rings. The number of aliphatic carboxylic acids is 1. The number of fused-ring (bicyclic) bond motifs is 1. The Bertz CT molecular complexity index is 1070. The minimum Gasteiger partial charge on any atom is -0.480 e. The van der Waals surface area contributed by atoms with Gasteiger partial charge in [0.05, 0.1) is 5.69 Å². The predicted octanol–water partition coefficient (Wildman–Crippen LogP) is 0.703. The summed E-state index contributed by atoms with van der Waals surface area (Å²) in [5.74, 6) is -1.22. The van der Waals surface area contributed by atoms with E-state index in [-0.39, 0.29) is 36.3 Å². The van der Waals surface area contributed by atoms with Gasteiger partial charge < -0.3 is 26.8 Å². The number of anilines is 1. The molecule has 0 bridgehead atoms. The van der Waals surface area contributed by atoms with E-state index in [4.69, 9.17) is 11.5 Å². The van der Waals surface area contributed by atoms with Crippen LogP contribution in [0.2, 0.25) is 0 Å². The van der Waals surface area contributed by atoms with Crippen LogP contribution in [0.25, 0.3) is 0 Å². The van der Waals surface area contributed by atoms with Gasteiger partial charge in [0.15, 0.2) is 5.96 Å². The minimum atomic E-state index is -4.10. The molecular weight excluding hydrogens is 472 g/mol. The van der Waals surface area contributed by atoms with Crippen LogP contribution in [-0.4, -0.2) is 68.0 Å². The SMILES string of the molecule is C[C@@H]1CNc2c(cccc2S(=O)(=O)N[C@H](CCCN=C(N)N)C(=O)N2CC[C@H](C)C[C@H]2C(=O)O)C1. The quantitative estimate of drug-likeness (QED) is 0.184. The molecule has 1 aromatic carbocycles. The Morgan fingerprint density at radius 3 is 2.71 bits per heavy atom. The van der Waals surface area contributed by atoms with Crippen molar-refractivity contribution in [2.75, 3.05) is 25.0 Å². The van der Waals surface area contributed by atoms with Gasteiger partial charge in [-0.3, -0.25) is 9.79 Å². The lowest BCUT2D eigenvalue weighted by Gasteiger charge is -2.38. The van der Waals surface area contributed by atoms with Gasteiger partial charge in [-0.2, -0.15) is 4.72 Å². The zero-order valence-corrected chi connectivity index (χ0v) is 21.1. The minimum absolute atomic E-state index is 0.0750. The molecule has 0 radical (unpaired) electrons. The van der Waals surface area contributed by atoms with Crippen LogP contribution in [0, 0.1) is 11.8 Å². The summed E-state index contributed by atoms with van der Waals surface area (Å²) in [6.07, 6.45) is 2.17. The molecule has 7 N–H and O–H groups in total. The number of aliphatic imine (C=N–C) groups is 1. The molecule has 1 fully saturated rings. The largest absolute Gasteiger partial charge is 0.480 e. The van der Waals surface area contributed by atoms with E-state index in [1.165, 1.54) is 11.0 Å². The Morgan fingerprint density at radius 1 is 1.29 bits per heavy atom. The zero-order chi connectivity index (χ0) is 25.8. The fraction of sp³-hybridized carbons (Fsp3) is 0.609. The zero-order valence-electron chi connectivity index (χ0n) is 20.2. The monoisotopic (exact) mass is 508 g/mol. The molecule has 12 heteroatoms. The third-order valence-electron chi connectivity index (χ3n) is 6.57. The van der Waals surface area contributed by atoms with Gasteiger partial charge in [-0.15, -0.1) is 0 Å². The average molecular weight is 509 g/mol. The van der Waals surface area contributed by atoms with Crippen molar-refractivity contribution >= 4 is 33.5 Å². The Labute approximate surface area is 206 Å². The molecule has 0 spiro atoms. The van der Waals surface area contributed by atoms with Crippen molar-refractivity contribution < 1.29 is 23.1 Å². The number of benzene rings is 1.